The molecule has 0 aliphatic heterocycles. The number of rotatable bonds is 7. The molecular formula is C24H23N3O4S2. The monoisotopic (exact) mass is 481 g/mol. The average Bonchev–Trinajstić information content (AvgIpc) is 3.11. The Labute approximate surface area is 199 Å². The third-order valence-electron chi connectivity index (χ3n) is 5.22. The Morgan fingerprint density at radius 1 is 1.09 bits per heavy atom. The first-order valence-electron chi connectivity index (χ1n) is 10.2. The topological polar surface area (TPSA) is 82.4 Å². The molecule has 2 heterocycles. The molecule has 9 heteroatoms. The lowest BCUT2D eigenvalue weighted by Crippen LogP contribution is -2.23. The summed E-state index contributed by atoms with van der Waals surface area (Å²) in [5, 5.41) is 3.92. The summed E-state index contributed by atoms with van der Waals surface area (Å²) in [6, 6.07) is 14.4. The number of aryl methyl sites for hydroxylation is 2. The standard InChI is InChI=1S/C24H23N3O4S2/c1-14-15(2)33-22-21(14)23(29)27(16-9-11-17(30-3)12-10-16)24(26-22)32-13-20(28)25-18-7-5-6-8-19(18)31-4/h5-12H,13H2,1-4H3,(H,25,28). The van der Waals surface area contributed by atoms with Crippen LogP contribution in [0, 0.1) is 13.8 Å². The molecule has 4 aromatic rings. The van der Waals surface area contributed by atoms with Crippen molar-refractivity contribution in [2.24, 2.45) is 0 Å². The van der Waals surface area contributed by atoms with Crippen molar-refractivity contribution in [3.05, 3.63) is 69.3 Å². The summed E-state index contributed by atoms with van der Waals surface area (Å²) in [6.07, 6.45) is 0. The SMILES string of the molecule is COc1ccc(-n2c(SCC(=O)Nc3ccccc3OC)nc3sc(C)c(C)c3c2=O)cc1. The van der Waals surface area contributed by atoms with Gasteiger partial charge in [0.15, 0.2) is 5.16 Å². The maximum Gasteiger partial charge on any atom is 0.267 e. The van der Waals surface area contributed by atoms with E-state index in [1.165, 1.54) is 23.1 Å². The first-order chi connectivity index (χ1) is 15.9. The molecule has 4 rings (SSSR count). The van der Waals surface area contributed by atoms with E-state index in [2.05, 4.69) is 5.32 Å². The fraction of sp³-hybridized carbons (Fsp3) is 0.208. The minimum atomic E-state index is -0.223. The zero-order valence-electron chi connectivity index (χ0n) is 18.7. The van der Waals surface area contributed by atoms with Gasteiger partial charge in [0.2, 0.25) is 5.91 Å². The summed E-state index contributed by atoms with van der Waals surface area (Å²) in [5.74, 6) is 1.12. The molecule has 0 aliphatic rings. The largest absolute Gasteiger partial charge is 0.497 e. The van der Waals surface area contributed by atoms with Crippen molar-refractivity contribution >= 4 is 44.9 Å². The molecule has 7 nitrogen and oxygen atoms in total. The maximum atomic E-state index is 13.5. The number of thiophene rings is 1. The summed E-state index contributed by atoms with van der Waals surface area (Å²) in [6.45, 7) is 3.91. The van der Waals surface area contributed by atoms with Crippen molar-refractivity contribution in [1.29, 1.82) is 0 Å². The number of carbonyl (C=O) groups excluding carboxylic acids is 1. The number of nitrogens with zero attached hydrogens (tertiary/aromatic N) is 2. The fourth-order valence-electron chi connectivity index (χ4n) is 3.40. The number of ether oxygens (including phenoxy) is 2. The van der Waals surface area contributed by atoms with E-state index in [-0.39, 0.29) is 17.2 Å². The van der Waals surface area contributed by atoms with Crippen molar-refractivity contribution < 1.29 is 14.3 Å². The van der Waals surface area contributed by atoms with Crippen LogP contribution < -0.4 is 20.3 Å². The molecule has 0 saturated carbocycles. The van der Waals surface area contributed by atoms with Gasteiger partial charge in [-0.3, -0.25) is 14.2 Å². The average molecular weight is 482 g/mol. The third kappa shape index (κ3) is 4.60. The first-order valence-corrected chi connectivity index (χ1v) is 12.0. The summed E-state index contributed by atoms with van der Waals surface area (Å²) in [5.41, 5.74) is 2.03. The van der Waals surface area contributed by atoms with E-state index in [0.717, 1.165) is 10.4 Å². The molecular weight excluding hydrogens is 458 g/mol. The van der Waals surface area contributed by atoms with Crippen LogP contribution >= 0.6 is 23.1 Å². The number of para-hydroxylation sites is 2. The Balaban J connectivity index is 1.69. The lowest BCUT2D eigenvalue weighted by atomic mass is 10.2. The minimum Gasteiger partial charge on any atom is -0.497 e. The van der Waals surface area contributed by atoms with Crippen LogP contribution in [0.2, 0.25) is 0 Å². The molecule has 170 valence electrons. The van der Waals surface area contributed by atoms with Crippen LogP contribution in [0.1, 0.15) is 10.4 Å². The number of carbonyl (C=O) groups is 1. The van der Waals surface area contributed by atoms with Crippen LogP contribution in [0.5, 0.6) is 11.5 Å². The van der Waals surface area contributed by atoms with Crippen molar-refractivity contribution in [3.63, 3.8) is 0 Å². The van der Waals surface area contributed by atoms with E-state index in [9.17, 15) is 9.59 Å². The normalized spacial score (nSPS) is 10.9. The van der Waals surface area contributed by atoms with Gasteiger partial charge in [0, 0.05) is 4.88 Å². The quantitative estimate of drug-likeness (QED) is 0.301. The van der Waals surface area contributed by atoms with Crippen LogP contribution in [0.25, 0.3) is 15.9 Å². The number of hydrogen-bond acceptors (Lipinski definition) is 7. The summed E-state index contributed by atoms with van der Waals surface area (Å²) < 4.78 is 12.1. The minimum absolute atomic E-state index is 0.0789. The van der Waals surface area contributed by atoms with Gasteiger partial charge in [-0.05, 0) is 55.8 Å². The van der Waals surface area contributed by atoms with E-state index in [1.807, 2.05) is 26.0 Å². The van der Waals surface area contributed by atoms with Gasteiger partial charge in [-0.2, -0.15) is 0 Å². The van der Waals surface area contributed by atoms with Crippen molar-refractivity contribution in [3.8, 4) is 17.2 Å². The molecule has 0 aliphatic carbocycles. The highest BCUT2D eigenvalue weighted by Gasteiger charge is 2.19. The molecule has 2 aromatic heterocycles. The predicted octanol–water partition coefficient (Wildman–Crippen LogP) is 4.81. The van der Waals surface area contributed by atoms with Gasteiger partial charge in [0.25, 0.3) is 5.56 Å². The second-order valence-corrected chi connectivity index (χ2v) is 9.38. The number of fused-ring (bicyclic) bond motifs is 1. The molecule has 0 bridgehead atoms. The summed E-state index contributed by atoms with van der Waals surface area (Å²) in [4.78, 5) is 32.7. The zero-order valence-corrected chi connectivity index (χ0v) is 20.3. The van der Waals surface area contributed by atoms with Crippen molar-refractivity contribution in [2.45, 2.75) is 19.0 Å². The van der Waals surface area contributed by atoms with Gasteiger partial charge in [0.05, 0.1) is 36.7 Å². The van der Waals surface area contributed by atoms with Gasteiger partial charge < -0.3 is 14.8 Å². The zero-order chi connectivity index (χ0) is 23.5. The van der Waals surface area contributed by atoms with Gasteiger partial charge in [-0.15, -0.1) is 11.3 Å². The highest BCUT2D eigenvalue weighted by Crippen LogP contribution is 2.30. The third-order valence-corrected chi connectivity index (χ3v) is 7.26. The van der Waals surface area contributed by atoms with Crippen LogP contribution in [-0.4, -0.2) is 35.4 Å². The van der Waals surface area contributed by atoms with Gasteiger partial charge in [-0.1, -0.05) is 23.9 Å². The number of nitrogens with one attached hydrogen (secondary N) is 1. The Morgan fingerprint density at radius 3 is 2.52 bits per heavy atom. The van der Waals surface area contributed by atoms with Gasteiger partial charge in [-0.25, -0.2) is 4.98 Å². The van der Waals surface area contributed by atoms with Crippen LogP contribution in [0.3, 0.4) is 0 Å². The van der Waals surface area contributed by atoms with E-state index in [0.29, 0.717) is 38.2 Å². The molecule has 33 heavy (non-hydrogen) atoms. The molecule has 2 aromatic carbocycles. The van der Waals surface area contributed by atoms with Gasteiger partial charge in [0.1, 0.15) is 16.3 Å². The number of anilines is 1. The number of thioether (sulfide) groups is 1. The number of aromatic nitrogens is 2. The molecule has 0 spiro atoms. The second-order valence-electron chi connectivity index (χ2n) is 7.23. The molecule has 1 amide bonds. The number of benzene rings is 2. The van der Waals surface area contributed by atoms with E-state index < -0.39 is 0 Å². The number of amides is 1. The van der Waals surface area contributed by atoms with E-state index >= 15 is 0 Å². The van der Waals surface area contributed by atoms with Gasteiger partial charge >= 0.3 is 0 Å². The van der Waals surface area contributed by atoms with Crippen LogP contribution in [-0.2, 0) is 4.79 Å². The van der Waals surface area contributed by atoms with E-state index in [1.54, 1.807) is 55.2 Å². The Bertz CT molecular complexity index is 1380. The number of methoxy groups -OCH3 is 2. The van der Waals surface area contributed by atoms with Crippen molar-refractivity contribution in [1.82, 2.24) is 9.55 Å². The first kappa shape index (κ1) is 22.9. The fourth-order valence-corrected chi connectivity index (χ4v) is 5.28. The number of hydrogen-bond donors (Lipinski definition) is 1. The molecule has 0 radical (unpaired) electrons. The predicted molar refractivity (Wildman–Crippen MR) is 134 cm³/mol. The molecule has 1 N–H and O–H groups in total. The summed E-state index contributed by atoms with van der Waals surface area (Å²) >= 11 is 2.70. The highest BCUT2D eigenvalue weighted by molar-refractivity contribution is 7.99. The Kier molecular flexibility index (Phi) is 6.71. The Morgan fingerprint density at radius 2 is 1.82 bits per heavy atom. The molecule has 0 fully saturated rings. The van der Waals surface area contributed by atoms with E-state index in [4.69, 9.17) is 14.5 Å². The van der Waals surface area contributed by atoms with Crippen LogP contribution in [0.4, 0.5) is 5.69 Å². The highest BCUT2D eigenvalue weighted by atomic mass is 32.2. The lowest BCUT2D eigenvalue weighted by Gasteiger charge is -2.13. The smallest absolute Gasteiger partial charge is 0.267 e. The lowest BCUT2D eigenvalue weighted by molar-refractivity contribution is -0.113. The second kappa shape index (κ2) is 9.68. The molecule has 0 saturated heterocycles. The van der Waals surface area contributed by atoms with Crippen molar-refractivity contribution in [2.75, 3.05) is 25.3 Å². The molecule has 0 unspecified atom stereocenters. The summed E-state index contributed by atoms with van der Waals surface area (Å²) in [7, 11) is 3.14. The maximum absolute atomic E-state index is 13.5. The molecule has 0 atom stereocenters. The Hall–Kier alpha value is -3.30. The van der Waals surface area contributed by atoms with Crippen LogP contribution in [0.15, 0.2) is 58.5 Å².